The molecule has 10 heteroatoms. The zero-order valence-electron chi connectivity index (χ0n) is 15.6. The normalized spacial score (nSPS) is 14.9. The van der Waals surface area contributed by atoms with Gasteiger partial charge in [-0.2, -0.15) is 0 Å². The number of nitrogens with zero attached hydrogens (tertiary/aromatic N) is 1. The van der Waals surface area contributed by atoms with Gasteiger partial charge in [0.25, 0.3) is 0 Å². The number of carbonyl (C=O) groups is 2. The van der Waals surface area contributed by atoms with Crippen LogP contribution in [0.25, 0.3) is 11.1 Å². The highest BCUT2D eigenvalue weighted by Gasteiger charge is 2.25. The predicted molar refractivity (Wildman–Crippen MR) is 110 cm³/mol. The first-order valence-corrected chi connectivity index (χ1v) is 9.28. The summed E-state index contributed by atoms with van der Waals surface area (Å²) in [5.41, 5.74) is 10.4. The third-order valence-electron chi connectivity index (χ3n) is 4.34. The highest BCUT2D eigenvalue weighted by atomic mass is 35.5. The fraction of sp³-hybridized carbons (Fsp3) is 0.211. The van der Waals surface area contributed by atoms with Crippen molar-refractivity contribution in [2.45, 2.75) is 25.4 Å². The number of carboxylic acids is 1. The number of hydrogen-bond acceptors (Lipinski definition) is 7. The molecule has 2 aromatic carbocycles. The van der Waals surface area contributed by atoms with E-state index in [0.717, 1.165) is 16.7 Å². The van der Waals surface area contributed by atoms with E-state index in [1.165, 1.54) is 6.92 Å². The number of halogens is 1. The molecule has 29 heavy (non-hydrogen) atoms. The zero-order chi connectivity index (χ0) is 20.8. The Hall–Kier alpha value is -3.14. The highest BCUT2D eigenvalue weighted by Crippen LogP contribution is 2.23. The number of hydrazone groups is 1. The summed E-state index contributed by atoms with van der Waals surface area (Å²) in [6.07, 6.45) is 0.299. The Bertz CT molecular complexity index is 918. The number of guanidine groups is 1. The Morgan fingerprint density at radius 2 is 1.93 bits per heavy atom. The summed E-state index contributed by atoms with van der Waals surface area (Å²) in [5.74, 6) is -1.26. The van der Waals surface area contributed by atoms with Crippen LogP contribution in [0.5, 0.6) is 0 Å². The molecule has 0 aromatic heterocycles. The number of hydrazine groups is 2. The van der Waals surface area contributed by atoms with Crippen molar-refractivity contribution in [2.24, 2.45) is 5.10 Å². The number of hydrogen-bond donors (Lipinski definition) is 6. The molecule has 1 heterocycles. The van der Waals surface area contributed by atoms with Crippen LogP contribution in [0, 0.1) is 0 Å². The molecule has 0 unspecified atom stereocenters. The molecule has 1 aliphatic heterocycles. The van der Waals surface area contributed by atoms with Crippen LogP contribution in [0.2, 0.25) is 5.02 Å². The van der Waals surface area contributed by atoms with Crippen molar-refractivity contribution in [3.8, 4) is 11.1 Å². The molecule has 2 aromatic rings. The molecule has 0 radical (unpaired) electrons. The molecule has 0 saturated heterocycles. The van der Waals surface area contributed by atoms with Crippen LogP contribution in [-0.2, 0) is 16.0 Å². The maximum Gasteiger partial charge on any atom is 0.320 e. The summed E-state index contributed by atoms with van der Waals surface area (Å²) in [7, 11) is 0. The van der Waals surface area contributed by atoms with Crippen molar-refractivity contribution in [3.05, 3.63) is 59.1 Å². The van der Waals surface area contributed by atoms with Crippen LogP contribution in [0.1, 0.15) is 12.5 Å². The second-order valence-electron chi connectivity index (χ2n) is 6.50. The van der Waals surface area contributed by atoms with Crippen LogP contribution >= 0.6 is 11.6 Å². The molecule has 9 nitrogen and oxygen atoms in total. The van der Waals surface area contributed by atoms with Gasteiger partial charge in [-0.25, -0.2) is 5.53 Å². The molecule has 2 atom stereocenters. The van der Waals surface area contributed by atoms with Crippen LogP contribution < -0.4 is 27.1 Å². The first kappa shape index (κ1) is 20.6. The van der Waals surface area contributed by atoms with E-state index in [-0.39, 0.29) is 5.96 Å². The Morgan fingerprint density at radius 3 is 2.55 bits per heavy atom. The van der Waals surface area contributed by atoms with Gasteiger partial charge in [0.15, 0.2) is 0 Å². The van der Waals surface area contributed by atoms with Gasteiger partial charge >= 0.3 is 5.97 Å². The minimum atomic E-state index is -1.04. The Kier molecular flexibility index (Phi) is 6.65. The number of carbonyl (C=O) groups excluding carboxylic acids is 1. The van der Waals surface area contributed by atoms with Gasteiger partial charge in [-0.05, 0) is 42.2 Å². The minimum Gasteiger partial charge on any atom is -0.480 e. The third-order valence-corrected chi connectivity index (χ3v) is 4.57. The van der Waals surface area contributed by atoms with Gasteiger partial charge in [0.05, 0.1) is 6.04 Å². The summed E-state index contributed by atoms with van der Waals surface area (Å²) in [5, 5.41) is 19.1. The van der Waals surface area contributed by atoms with Gasteiger partial charge in [-0.1, -0.05) is 48.0 Å². The lowest BCUT2D eigenvalue weighted by atomic mass is 10.00. The average molecular weight is 417 g/mol. The molecule has 152 valence electrons. The van der Waals surface area contributed by atoms with E-state index < -0.39 is 24.0 Å². The largest absolute Gasteiger partial charge is 0.480 e. The molecule has 3 rings (SSSR count). The fourth-order valence-corrected chi connectivity index (χ4v) is 2.99. The minimum absolute atomic E-state index is 0.195. The third kappa shape index (κ3) is 5.67. The van der Waals surface area contributed by atoms with E-state index in [9.17, 15) is 14.7 Å². The topological polar surface area (TPSA) is 127 Å². The molecule has 0 saturated carbocycles. The van der Waals surface area contributed by atoms with Crippen molar-refractivity contribution in [1.29, 1.82) is 0 Å². The SMILES string of the molecule is C[C@H](N[C@@H](Cc1ccc(-c2cccc(Cl)c2)cc1)C(=O)NC1=NNNN1)C(=O)O. The van der Waals surface area contributed by atoms with E-state index in [1.807, 2.05) is 48.5 Å². The van der Waals surface area contributed by atoms with Crippen molar-refractivity contribution in [1.82, 2.24) is 27.1 Å². The zero-order valence-corrected chi connectivity index (χ0v) is 16.3. The smallest absolute Gasteiger partial charge is 0.320 e. The lowest BCUT2D eigenvalue weighted by Crippen LogP contribution is -2.54. The van der Waals surface area contributed by atoms with Gasteiger partial charge < -0.3 is 5.11 Å². The lowest BCUT2D eigenvalue weighted by molar-refractivity contribution is -0.139. The quantitative estimate of drug-likeness (QED) is 0.397. The van der Waals surface area contributed by atoms with Crippen molar-refractivity contribution >= 4 is 29.4 Å². The first-order chi connectivity index (χ1) is 13.9. The van der Waals surface area contributed by atoms with Crippen molar-refractivity contribution in [3.63, 3.8) is 0 Å². The molecule has 0 fully saturated rings. The number of rotatable bonds is 7. The summed E-state index contributed by atoms with van der Waals surface area (Å²) < 4.78 is 0. The van der Waals surface area contributed by atoms with Crippen LogP contribution in [-0.4, -0.2) is 35.0 Å². The molecule has 0 aliphatic carbocycles. The standard InChI is InChI=1S/C19H21ClN6O3/c1-11(18(28)29)21-16(17(27)22-19-23-25-26-24-19)9-12-5-7-13(8-6-12)14-3-2-4-15(20)10-14/h2-8,10-11,16,21,25-26H,9H2,1H3,(H,28,29)(H2,22,23,24,27)/t11-,16-/m0/s1. The molecule has 0 bridgehead atoms. The number of aliphatic carboxylic acids is 1. The predicted octanol–water partition coefficient (Wildman–Crippen LogP) is 0.980. The molecule has 0 spiro atoms. The van der Waals surface area contributed by atoms with Crippen molar-refractivity contribution < 1.29 is 14.7 Å². The molecule has 6 N–H and O–H groups in total. The van der Waals surface area contributed by atoms with Gasteiger partial charge in [0, 0.05) is 5.02 Å². The average Bonchev–Trinajstić information content (AvgIpc) is 3.21. The summed E-state index contributed by atoms with van der Waals surface area (Å²) >= 11 is 6.05. The maximum atomic E-state index is 12.6. The van der Waals surface area contributed by atoms with Gasteiger partial charge in [0.1, 0.15) is 6.04 Å². The van der Waals surface area contributed by atoms with Gasteiger partial charge in [0.2, 0.25) is 11.9 Å². The second kappa shape index (κ2) is 9.37. The number of carboxylic acid groups (broad SMARTS) is 1. The van der Waals surface area contributed by atoms with Gasteiger partial charge in [-0.3, -0.25) is 25.6 Å². The van der Waals surface area contributed by atoms with E-state index >= 15 is 0 Å². The summed E-state index contributed by atoms with van der Waals surface area (Å²) in [6, 6.07) is 13.5. The van der Waals surface area contributed by atoms with Crippen molar-refractivity contribution in [2.75, 3.05) is 0 Å². The fourth-order valence-electron chi connectivity index (χ4n) is 2.80. The second-order valence-corrected chi connectivity index (χ2v) is 6.94. The first-order valence-electron chi connectivity index (χ1n) is 8.90. The number of nitrogens with one attached hydrogen (secondary N) is 5. The van der Waals surface area contributed by atoms with E-state index in [4.69, 9.17) is 11.6 Å². The van der Waals surface area contributed by atoms with Crippen LogP contribution in [0.4, 0.5) is 0 Å². The Labute approximate surface area is 172 Å². The molecular weight excluding hydrogens is 396 g/mol. The highest BCUT2D eigenvalue weighted by molar-refractivity contribution is 6.30. The monoisotopic (exact) mass is 416 g/mol. The molecule has 1 aliphatic rings. The summed E-state index contributed by atoms with van der Waals surface area (Å²) in [4.78, 5) is 23.9. The van der Waals surface area contributed by atoms with Gasteiger partial charge in [-0.15, -0.1) is 10.6 Å². The van der Waals surface area contributed by atoms with Crippen LogP contribution in [0.15, 0.2) is 53.6 Å². The summed E-state index contributed by atoms with van der Waals surface area (Å²) in [6.45, 7) is 1.49. The van der Waals surface area contributed by atoms with Crippen LogP contribution in [0.3, 0.4) is 0 Å². The van der Waals surface area contributed by atoms with E-state index in [1.54, 1.807) is 0 Å². The number of amides is 1. The molecular formula is C19H21ClN6O3. The Morgan fingerprint density at radius 1 is 1.17 bits per heavy atom. The van der Waals surface area contributed by atoms with E-state index in [2.05, 4.69) is 32.2 Å². The van der Waals surface area contributed by atoms with E-state index in [0.29, 0.717) is 11.4 Å². The lowest BCUT2D eigenvalue weighted by Gasteiger charge is -2.21. The maximum absolute atomic E-state index is 12.6. The Balaban J connectivity index is 1.73. The number of benzene rings is 2. The molecule has 1 amide bonds.